The molecule has 10 heteroatoms. The van der Waals surface area contributed by atoms with E-state index in [1.54, 1.807) is 0 Å². The summed E-state index contributed by atoms with van der Waals surface area (Å²) in [6.45, 7) is 0. The van der Waals surface area contributed by atoms with Crippen LogP contribution in [-0.4, -0.2) is 46.1 Å². The molecule has 48 valence electrons. The second kappa shape index (κ2) is 17.6. The molecule has 0 saturated heterocycles. The maximum absolute atomic E-state index is 8.61. The van der Waals surface area contributed by atoms with E-state index in [0.29, 0.717) is 0 Å². The van der Waals surface area contributed by atoms with E-state index in [-0.39, 0.29) is 46.1 Å². The Labute approximate surface area is 105 Å². The normalized spacial score (nSPS) is 5.20. The first-order valence-corrected chi connectivity index (χ1v) is 6.15. The maximum atomic E-state index is 8.61. The molecule has 0 aliphatic carbocycles. The van der Waals surface area contributed by atoms with E-state index in [4.69, 9.17) is 19.9 Å². The van der Waals surface area contributed by atoms with E-state index in [2.05, 4.69) is 0 Å². The Balaban J connectivity index is -0.0000000300. The fourth-order valence-corrected chi connectivity index (χ4v) is 0. The van der Waals surface area contributed by atoms with Crippen LogP contribution in [-0.2, 0) is 47.4 Å². The van der Waals surface area contributed by atoms with Gasteiger partial charge in [-0.25, -0.2) is 0 Å². The van der Waals surface area contributed by atoms with Crippen molar-refractivity contribution >= 4 is 46.1 Å². The average Bonchev–Trinajstić information content (AvgIpc) is 1.25. The van der Waals surface area contributed by atoms with Crippen LogP contribution >= 0.6 is 0 Å². The summed E-state index contributed by atoms with van der Waals surface area (Å²) in [6.07, 6.45) is 0. The Hall–Kier alpha value is 2.57. The van der Waals surface area contributed by atoms with Crippen molar-refractivity contribution in [3.63, 3.8) is 0 Å². The van der Waals surface area contributed by atoms with Crippen LogP contribution in [0.5, 0.6) is 0 Å². The summed E-state index contributed by atoms with van der Waals surface area (Å²) in [5.74, 6) is 0. The van der Waals surface area contributed by atoms with E-state index >= 15 is 0 Å². The molecule has 0 rings (SSSR count). The van der Waals surface area contributed by atoms with Crippen molar-refractivity contribution < 1.29 is 61.1 Å². The van der Waals surface area contributed by atoms with Gasteiger partial charge < -0.3 is 0 Å². The first-order valence-electron chi connectivity index (χ1n) is 1.22. The Morgan fingerprint density at radius 2 is 1.10 bits per heavy atom. The van der Waals surface area contributed by atoms with E-state index in [1.807, 2.05) is 0 Å². The van der Waals surface area contributed by atoms with Gasteiger partial charge in [0.15, 0.2) is 0 Å². The van der Waals surface area contributed by atoms with Crippen LogP contribution in [0.15, 0.2) is 0 Å². The third-order valence-electron chi connectivity index (χ3n) is 0. The van der Waals surface area contributed by atoms with Crippen molar-refractivity contribution in [1.82, 2.24) is 0 Å². The van der Waals surface area contributed by atoms with Gasteiger partial charge >= 0.3 is 107 Å². The molecule has 0 N–H and O–H groups in total. The molecular formula is Mg2O6TiZr. The predicted octanol–water partition coefficient (Wildman–Crippen LogP) is -5.76. The fourth-order valence-electron chi connectivity index (χ4n) is 0. The molecule has 0 heterocycles. The minimum atomic E-state index is -4.29. The van der Waals surface area contributed by atoms with E-state index in [1.165, 1.54) is 0 Å². The molecule has 0 aromatic carbocycles. The molecule has 6 nitrogen and oxygen atoms in total. The first kappa shape index (κ1) is 22.9. The molecule has 0 saturated carbocycles. The Kier molecular flexibility index (Phi) is 40.3. The van der Waals surface area contributed by atoms with Crippen molar-refractivity contribution in [3.8, 4) is 0 Å². The molecule has 0 aromatic rings. The van der Waals surface area contributed by atoms with Crippen LogP contribution in [0.1, 0.15) is 0 Å². The monoisotopic (exact) mass is 282 g/mol. The molecule has 0 fully saturated rings. The van der Waals surface area contributed by atoms with Gasteiger partial charge in [0.05, 0.1) is 0 Å². The van der Waals surface area contributed by atoms with E-state index in [9.17, 15) is 0 Å². The van der Waals surface area contributed by atoms with Gasteiger partial charge in [0.1, 0.15) is 0 Å². The van der Waals surface area contributed by atoms with Gasteiger partial charge in [-0.1, -0.05) is 0 Å². The van der Waals surface area contributed by atoms with Gasteiger partial charge in [0, 0.05) is 0 Å². The number of hydrogen-bond donors (Lipinski definition) is 0. The minimum absolute atomic E-state index is 0. The predicted molar refractivity (Wildman–Crippen MR) is 12.9 cm³/mol. The van der Waals surface area contributed by atoms with Gasteiger partial charge in [0.25, 0.3) is 0 Å². The zero-order chi connectivity index (χ0) is 7.15. The van der Waals surface area contributed by atoms with Gasteiger partial charge in [-0.3, -0.25) is 0 Å². The van der Waals surface area contributed by atoms with Crippen molar-refractivity contribution in [1.29, 1.82) is 0 Å². The molecule has 0 aliphatic rings. The van der Waals surface area contributed by atoms with Crippen molar-refractivity contribution in [3.05, 3.63) is 0 Å². The van der Waals surface area contributed by atoms with Crippen LogP contribution in [0.3, 0.4) is 0 Å². The van der Waals surface area contributed by atoms with E-state index in [0.717, 1.165) is 0 Å². The first-order chi connectivity index (χ1) is 3.46. The molecule has 10 heavy (non-hydrogen) atoms. The molecule has 0 radical (unpaired) electrons. The average molecular weight is 284 g/mol. The molecule has 0 bridgehead atoms. The summed E-state index contributed by atoms with van der Waals surface area (Å²) in [5, 5.41) is 0. The van der Waals surface area contributed by atoms with Gasteiger partial charge in [-0.15, -0.1) is 0 Å². The molecule has 0 amide bonds. The number of rotatable bonds is 0. The Morgan fingerprint density at radius 3 is 1.10 bits per heavy atom. The quantitative estimate of drug-likeness (QED) is 0.408. The topological polar surface area (TPSA) is 126 Å². The third kappa shape index (κ3) is 147. The summed E-state index contributed by atoms with van der Waals surface area (Å²) < 4.78 is 51.6. The second-order valence-corrected chi connectivity index (χ2v) is 2.51. The third-order valence-corrected chi connectivity index (χ3v) is 0. The molecule has 0 spiro atoms. The van der Waals surface area contributed by atoms with Crippen LogP contribution in [0.2, 0.25) is 0 Å². The second-order valence-electron chi connectivity index (χ2n) is 0.500. The zero-order valence-corrected chi connectivity index (χ0v) is 11.7. The molecule has 0 aromatic heterocycles. The van der Waals surface area contributed by atoms with Crippen molar-refractivity contribution in [2.24, 2.45) is 0 Å². The Bertz CT molecular complexity index is 73.7. The van der Waals surface area contributed by atoms with Crippen LogP contribution in [0.25, 0.3) is 0 Å². The molecule has 0 aliphatic heterocycles. The molecule has 0 unspecified atom stereocenters. The molecular weight excluding hydrogens is 284 g/mol. The van der Waals surface area contributed by atoms with Crippen LogP contribution in [0.4, 0.5) is 0 Å². The van der Waals surface area contributed by atoms with Gasteiger partial charge in [0.2, 0.25) is 0 Å². The molecule has 0 atom stereocenters. The van der Waals surface area contributed by atoms with Gasteiger partial charge in [-0.05, 0) is 0 Å². The zero-order valence-electron chi connectivity index (χ0n) is 4.86. The standard InChI is InChI=1S/2Mg.6O.Ti.Zr/q2*+2;;;4*-1;;. The van der Waals surface area contributed by atoms with E-state index < -0.39 is 41.3 Å². The summed E-state index contributed by atoms with van der Waals surface area (Å²) >= 11 is -8.38. The van der Waals surface area contributed by atoms with Crippen molar-refractivity contribution in [2.45, 2.75) is 0 Å². The SMILES string of the molecule is [Mg+2].[Mg+2].[O]=[Ti]([O-])[O-].[O]=[Zr]([O-])[O-]. The fraction of sp³-hybridized carbons (Fsp3) is 0. The summed E-state index contributed by atoms with van der Waals surface area (Å²) in [4.78, 5) is 0. The Morgan fingerprint density at radius 1 is 1.10 bits per heavy atom. The number of hydrogen-bond acceptors (Lipinski definition) is 6. The van der Waals surface area contributed by atoms with Crippen molar-refractivity contribution in [2.75, 3.05) is 0 Å². The summed E-state index contributed by atoms with van der Waals surface area (Å²) in [5.41, 5.74) is 0. The summed E-state index contributed by atoms with van der Waals surface area (Å²) in [7, 11) is 0. The van der Waals surface area contributed by atoms with Crippen LogP contribution < -0.4 is 13.7 Å². The van der Waals surface area contributed by atoms with Gasteiger partial charge in [-0.2, -0.15) is 0 Å². The summed E-state index contributed by atoms with van der Waals surface area (Å²) in [6, 6.07) is 0. The van der Waals surface area contributed by atoms with Crippen LogP contribution in [0, 0.1) is 0 Å².